The summed E-state index contributed by atoms with van der Waals surface area (Å²) >= 11 is 0. The van der Waals surface area contributed by atoms with E-state index < -0.39 is 0 Å². The molecule has 0 aliphatic carbocycles. The fourth-order valence-corrected chi connectivity index (χ4v) is 2.01. The maximum absolute atomic E-state index is 12.1. The third-order valence-electron chi connectivity index (χ3n) is 3.03. The second-order valence-corrected chi connectivity index (χ2v) is 4.59. The van der Waals surface area contributed by atoms with Gasteiger partial charge in [0.15, 0.2) is 0 Å². The average Bonchev–Trinajstić information content (AvgIpc) is 2.36. The van der Waals surface area contributed by atoms with Crippen molar-refractivity contribution >= 4 is 5.91 Å². The van der Waals surface area contributed by atoms with E-state index in [2.05, 4.69) is 18.8 Å². The highest BCUT2D eigenvalue weighted by Crippen LogP contribution is 2.03. The number of allylic oxidation sites excluding steroid dienone is 1. The van der Waals surface area contributed by atoms with E-state index in [1.165, 1.54) is 0 Å². The zero-order valence-electron chi connectivity index (χ0n) is 10.9. The topological polar surface area (TPSA) is 41.6 Å². The van der Waals surface area contributed by atoms with Gasteiger partial charge in [-0.3, -0.25) is 4.79 Å². The van der Waals surface area contributed by atoms with Gasteiger partial charge in [-0.2, -0.15) is 0 Å². The molecule has 0 aromatic rings. The van der Waals surface area contributed by atoms with Gasteiger partial charge in [0.2, 0.25) is 5.91 Å². The second kappa shape index (κ2) is 7.45. The van der Waals surface area contributed by atoms with Crippen molar-refractivity contribution in [1.82, 2.24) is 10.2 Å². The lowest BCUT2D eigenvalue weighted by Gasteiger charge is -2.30. The van der Waals surface area contributed by atoms with Gasteiger partial charge in [0.25, 0.3) is 0 Å². The fraction of sp³-hybridized carbons (Fsp3) is 0.769. The van der Waals surface area contributed by atoms with Crippen LogP contribution in [0.2, 0.25) is 0 Å². The Balaban J connectivity index is 2.32. The molecule has 2 atom stereocenters. The van der Waals surface area contributed by atoms with Gasteiger partial charge in [-0.15, -0.1) is 6.58 Å². The van der Waals surface area contributed by atoms with E-state index in [0.717, 1.165) is 12.8 Å². The van der Waals surface area contributed by atoms with Crippen molar-refractivity contribution in [3.05, 3.63) is 12.7 Å². The van der Waals surface area contributed by atoms with Crippen LogP contribution in [-0.4, -0.2) is 49.2 Å². The number of hydrogen-bond acceptors (Lipinski definition) is 3. The van der Waals surface area contributed by atoms with Gasteiger partial charge in [-0.1, -0.05) is 6.08 Å². The van der Waals surface area contributed by atoms with Crippen molar-refractivity contribution in [1.29, 1.82) is 0 Å². The van der Waals surface area contributed by atoms with Gasteiger partial charge in [0.1, 0.15) is 0 Å². The molecule has 4 nitrogen and oxygen atoms in total. The van der Waals surface area contributed by atoms with Crippen molar-refractivity contribution in [2.45, 2.75) is 38.8 Å². The van der Waals surface area contributed by atoms with Crippen LogP contribution in [0.5, 0.6) is 0 Å². The fourth-order valence-electron chi connectivity index (χ4n) is 2.01. The monoisotopic (exact) mass is 240 g/mol. The normalized spacial score (nSPS) is 19.8. The number of hydrogen-bond donors (Lipinski definition) is 1. The molecule has 0 bridgehead atoms. The molecular formula is C13H24N2O2. The van der Waals surface area contributed by atoms with Crippen molar-refractivity contribution in [3.63, 3.8) is 0 Å². The molecule has 1 fully saturated rings. The smallest absolute Gasteiger partial charge is 0.239 e. The Hall–Kier alpha value is -0.870. The third kappa shape index (κ3) is 4.88. The summed E-state index contributed by atoms with van der Waals surface area (Å²) < 4.78 is 5.24. The SMILES string of the molecule is C=CCC[C@@H](C)N[C@H](C)C(=O)N1CCOCC1. The zero-order chi connectivity index (χ0) is 12.7. The van der Waals surface area contributed by atoms with E-state index in [1.807, 2.05) is 17.9 Å². The van der Waals surface area contributed by atoms with Crippen molar-refractivity contribution in [3.8, 4) is 0 Å². The van der Waals surface area contributed by atoms with Crippen molar-refractivity contribution < 1.29 is 9.53 Å². The summed E-state index contributed by atoms with van der Waals surface area (Å²) in [6.45, 7) is 10.5. The van der Waals surface area contributed by atoms with E-state index in [4.69, 9.17) is 4.74 Å². The van der Waals surface area contributed by atoms with Gasteiger partial charge in [0.05, 0.1) is 19.3 Å². The van der Waals surface area contributed by atoms with Crippen LogP contribution in [0.25, 0.3) is 0 Å². The molecule has 0 radical (unpaired) electrons. The number of morpholine rings is 1. The first-order chi connectivity index (χ1) is 8.15. The Labute approximate surface area is 104 Å². The van der Waals surface area contributed by atoms with Gasteiger partial charge >= 0.3 is 0 Å². The second-order valence-electron chi connectivity index (χ2n) is 4.59. The molecule has 0 spiro atoms. The molecule has 0 aromatic carbocycles. The molecule has 1 saturated heterocycles. The highest BCUT2D eigenvalue weighted by Gasteiger charge is 2.22. The molecule has 1 aliphatic rings. The molecular weight excluding hydrogens is 216 g/mol. The molecule has 1 N–H and O–H groups in total. The van der Waals surface area contributed by atoms with Crippen LogP contribution >= 0.6 is 0 Å². The summed E-state index contributed by atoms with van der Waals surface area (Å²) in [4.78, 5) is 14.0. The Kier molecular flexibility index (Phi) is 6.22. The van der Waals surface area contributed by atoms with E-state index in [-0.39, 0.29) is 11.9 Å². The van der Waals surface area contributed by atoms with Gasteiger partial charge in [-0.25, -0.2) is 0 Å². The third-order valence-corrected chi connectivity index (χ3v) is 3.03. The van der Waals surface area contributed by atoms with Gasteiger partial charge < -0.3 is 15.0 Å². The van der Waals surface area contributed by atoms with Gasteiger partial charge in [0, 0.05) is 19.1 Å². The van der Waals surface area contributed by atoms with Crippen LogP contribution in [-0.2, 0) is 9.53 Å². The molecule has 0 unspecified atom stereocenters. The molecule has 1 rings (SSSR count). The number of carbonyl (C=O) groups excluding carboxylic acids is 1. The zero-order valence-corrected chi connectivity index (χ0v) is 10.9. The van der Waals surface area contributed by atoms with Crippen LogP contribution in [0, 0.1) is 0 Å². The first-order valence-corrected chi connectivity index (χ1v) is 6.38. The molecule has 4 heteroatoms. The number of nitrogens with one attached hydrogen (secondary N) is 1. The predicted molar refractivity (Wildman–Crippen MR) is 68.9 cm³/mol. The molecule has 98 valence electrons. The summed E-state index contributed by atoms with van der Waals surface area (Å²) in [6, 6.07) is 0.223. The maximum Gasteiger partial charge on any atom is 0.239 e. The first-order valence-electron chi connectivity index (χ1n) is 6.38. The summed E-state index contributed by atoms with van der Waals surface area (Å²) in [5.74, 6) is 0.179. The number of rotatable bonds is 6. The molecule has 1 aliphatic heterocycles. The van der Waals surface area contributed by atoms with E-state index in [0.29, 0.717) is 32.3 Å². The van der Waals surface area contributed by atoms with Crippen LogP contribution in [0.3, 0.4) is 0 Å². The lowest BCUT2D eigenvalue weighted by atomic mass is 10.1. The van der Waals surface area contributed by atoms with E-state index in [1.54, 1.807) is 0 Å². The van der Waals surface area contributed by atoms with Gasteiger partial charge in [-0.05, 0) is 26.7 Å². The highest BCUT2D eigenvalue weighted by atomic mass is 16.5. The van der Waals surface area contributed by atoms with E-state index in [9.17, 15) is 4.79 Å². The summed E-state index contributed by atoms with van der Waals surface area (Å²) in [6.07, 6.45) is 3.91. The molecule has 0 aromatic heterocycles. The first kappa shape index (κ1) is 14.2. The van der Waals surface area contributed by atoms with Crippen LogP contribution in [0.4, 0.5) is 0 Å². The largest absolute Gasteiger partial charge is 0.378 e. The van der Waals surface area contributed by atoms with Crippen LogP contribution in [0.1, 0.15) is 26.7 Å². The van der Waals surface area contributed by atoms with Crippen LogP contribution < -0.4 is 5.32 Å². The average molecular weight is 240 g/mol. The minimum Gasteiger partial charge on any atom is -0.378 e. The number of ether oxygens (including phenoxy) is 1. The Bertz CT molecular complexity index is 250. The van der Waals surface area contributed by atoms with Crippen LogP contribution in [0.15, 0.2) is 12.7 Å². The Morgan fingerprint density at radius 3 is 2.71 bits per heavy atom. The molecule has 1 heterocycles. The molecule has 0 saturated carbocycles. The minimum absolute atomic E-state index is 0.118. The lowest BCUT2D eigenvalue weighted by molar-refractivity contribution is -0.137. The number of carbonyl (C=O) groups is 1. The van der Waals surface area contributed by atoms with Crippen molar-refractivity contribution in [2.75, 3.05) is 26.3 Å². The number of amides is 1. The Morgan fingerprint density at radius 2 is 2.12 bits per heavy atom. The number of nitrogens with zero attached hydrogens (tertiary/aromatic N) is 1. The molecule has 1 amide bonds. The highest BCUT2D eigenvalue weighted by molar-refractivity contribution is 5.81. The summed E-state index contributed by atoms with van der Waals surface area (Å²) in [5, 5.41) is 3.33. The molecule has 17 heavy (non-hydrogen) atoms. The van der Waals surface area contributed by atoms with Crippen molar-refractivity contribution in [2.24, 2.45) is 0 Å². The summed E-state index contributed by atoms with van der Waals surface area (Å²) in [5.41, 5.74) is 0. The minimum atomic E-state index is -0.118. The quantitative estimate of drug-likeness (QED) is 0.709. The standard InChI is InChI=1S/C13H24N2O2/c1-4-5-6-11(2)14-12(3)13(16)15-7-9-17-10-8-15/h4,11-12,14H,1,5-10H2,2-3H3/t11-,12-/m1/s1. The maximum atomic E-state index is 12.1. The van der Waals surface area contributed by atoms with E-state index >= 15 is 0 Å². The summed E-state index contributed by atoms with van der Waals surface area (Å²) in [7, 11) is 0. The predicted octanol–water partition coefficient (Wildman–Crippen LogP) is 1.18. The Morgan fingerprint density at radius 1 is 1.47 bits per heavy atom. The lowest BCUT2D eigenvalue weighted by Crippen LogP contribution is -2.50.